The zero-order valence-electron chi connectivity index (χ0n) is 11.7. The van der Waals surface area contributed by atoms with Crippen molar-refractivity contribution in [2.24, 2.45) is 5.92 Å². The fourth-order valence-electron chi connectivity index (χ4n) is 2.43. The molecule has 104 valence electrons. The summed E-state index contributed by atoms with van der Waals surface area (Å²) < 4.78 is 0. The maximum atomic E-state index is 12.4. The monoisotopic (exact) mass is 256 g/mol. The third kappa shape index (κ3) is 3.02. The summed E-state index contributed by atoms with van der Waals surface area (Å²) >= 11 is 0. The van der Waals surface area contributed by atoms with E-state index < -0.39 is 11.5 Å². The zero-order chi connectivity index (χ0) is 13.9. The Morgan fingerprint density at radius 1 is 1.44 bits per heavy atom. The molecule has 1 amide bonds. The van der Waals surface area contributed by atoms with Crippen molar-refractivity contribution in [3.05, 3.63) is 0 Å². The van der Waals surface area contributed by atoms with Gasteiger partial charge < -0.3 is 15.3 Å². The number of aliphatic carboxylic acids is 1. The summed E-state index contributed by atoms with van der Waals surface area (Å²) in [6.45, 7) is 8.31. The summed E-state index contributed by atoms with van der Waals surface area (Å²) in [7, 11) is 0. The van der Waals surface area contributed by atoms with Crippen molar-refractivity contribution in [3.63, 3.8) is 0 Å². The van der Waals surface area contributed by atoms with E-state index in [-0.39, 0.29) is 11.9 Å². The van der Waals surface area contributed by atoms with Crippen LogP contribution in [0.3, 0.4) is 0 Å². The lowest BCUT2D eigenvalue weighted by molar-refractivity contribution is -0.158. The Kier molecular flexibility index (Phi) is 4.73. The Hall–Kier alpha value is -1.10. The number of piperidine rings is 1. The van der Waals surface area contributed by atoms with E-state index in [0.717, 1.165) is 19.4 Å². The van der Waals surface area contributed by atoms with Gasteiger partial charge in [0, 0.05) is 6.54 Å². The maximum Gasteiger partial charge on any atom is 0.329 e. The average molecular weight is 256 g/mol. The SMILES string of the molecule is CCN(C(=O)C1CC(C)CCN1)C(C)(C)C(=O)O. The molecule has 2 N–H and O–H groups in total. The molecule has 1 aliphatic heterocycles. The molecule has 18 heavy (non-hydrogen) atoms. The van der Waals surface area contributed by atoms with Crippen molar-refractivity contribution < 1.29 is 14.7 Å². The van der Waals surface area contributed by atoms with E-state index in [2.05, 4.69) is 12.2 Å². The van der Waals surface area contributed by atoms with Crippen LogP contribution in [0.15, 0.2) is 0 Å². The Bertz CT molecular complexity index is 328. The van der Waals surface area contributed by atoms with E-state index in [1.165, 1.54) is 4.90 Å². The summed E-state index contributed by atoms with van der Waals surface area (Å²) in [5.74, 6) is -0.565. The first-order valence-electron chi connectivity index (χ1n) is 6.59. The lowest BCUT2D eigenvalue weighted by atomic mass is 9.92. The van der Waals surface area contributed by atoms with Crippen molar-refractivity contribution in [2.75, 3.05) is 13.1 Å². The van der Waals surface area contributed by atoms with Crippen molar-refractivity contribution >= 4 is 11.9 Å². The van der Waals surface area contributed by atoms with E-state index in [0.29, 0.717) is 12.5 Å². The van der Waals surface area contributed by atoms with Gasteiger partial charge in [-0.05, 0) is 46.1 Å². The molecule has 2 atom stereocenters. The van der Waals surface area contributed by atoms with Gasteiger partial charge >= 0.3 is 5.97 Å². The number of amides is 1. The normalized spacial score (nSPS) is 24.7. The van der Waals surface area contributed by atoms with Crippen molar-refractivity contribution in [1.29, 1.82) is 0 Å². The summed E-state index contributed by atoms with van der Waals surface area (Å²) in [4.78, 5) is 25.1. The maximum absolute atomic E-state index is 12.4. The third-order valence-electron chi connectivity index (χ3n) is 3.74. The van der Waals surface area contributed by atoms with Gasteiger partial charge in [-0.25, -0.2) is 4.79 Å². The molecule has 5 heteroatoms. The topological polar surface area (TPSA) is 69.6 Å². The van der Waals surface area contributed by atoms with Crippen LogP contribution in [0.4, 0.5) is 0 Å². The number of carboxylic acids is 1. The number of carboxylic acid groups (broad SMARTS) is 1. The molecule has 1 heterocycles. The number of likely N-dealkylation sites (N-methyl/N-ethyl adjacent to an activating group) is 1. The molecule has 0 aromatic heterocycles. The van der Waals surface area contributed by atoms with E-state index in [1.807, 2.05) is 6.92 Å². The van der Waals surface area contributed by atoms with Gasteiger partial charge in [0.25, 0.3) is 0 Å². The Labute approximate surface area is 109 Å². The fraction of sp³-hybridized carbons (Fsp3) is 0.846. The third-order valence-corrected chi connectivity index (χ3v) is 3.74. The van der Waals surface area contributed by atoms with Crippen LogP contribution in [0.1, 0.15) is 40.5 Å². The Morgan fingerprint density at radius 2 is 2.06 bits per heavy atom. The molecule has 1 rings (SSSR count). The molecule has 0 saturated carbocycles. The molecule has 5 nitrogen and oxygen atoms in total. The number of nitrogens with zero attached hydrogens (tertiary/aromatic N) is 1. The van der Waals surface area contributed by atoms with E-state index in [1.54, 1.807) is 13.8 Å². The van der Waals surface area contributed by atoms with Gasteiger partial charge in [-0.1, -0.05) is 6.92 Å². The molecule has 1 aliphatic rings. The highest BCUT2D eigenvalue weighted by Gasteiger charge is 2.40. The molecule has 0 spiro atoms. The largest absolute Gasteiger partial charge is 0.480 e. The number of hydrogen-bond donors (Lipinski definition) is 2. The number of nitrogens with one attached hydrogen (secondary N) is 1. The molecule has 0 radical (unpaired) electrons. The summed E-state index contributed by atoms with van der Waals surface area (Å²) in [5.41, 5.74) is -1.16. The molecule has 0 bridgehead atoms. The van der Waals surface area contributed by atoms with Crippen LogP contribution in [0, 0.1) is 5.92 Å². The lowest BCUT2D eigenvalue weighted by Gasteiger charge is -2.38. The number of carbonyl (C=O) groups is 2. The van der Waals surface area contributed by atoms with Crippen LogP contribution < -0.4 is 5.32 Å². The average Bonchev–Trinajstić information content (AvgIpc) is 2.29. The van der Waals surface area contributed by atoms with Crippen LogP contribution in [-0.2, 0) is 9.59 Å². The van der Waals surface area contributed by atoms with Gasteiger partial charge in [0.1, 0.15) is 5.54 Å². The van der Waals surface area contributed by atoms with Crippen LogP contribution in [0.5, 0.6) is 0 Å². The second-order valence-corrected chi connectivity index (χ2v) is 5.58. The lowest BCUT2D eigenvalue weighted by Crippen LogP contribution is -2.59. The minimum atomic E-state index is -1.16. The smallest absolute Gasteiger partial charge is 0.329 e. The van der Waals surface area contributed by atoms with Crippen LogP contribution >= 0.6 is 0 Å². The fourth-order valence-corrected chi connectivity index (χ4v) is 2.43. The molecule has 1 fully saturated rings. The first-order valence-corrected chi connectivity index (χ1v) is 6.59. The highest BCUT2D eigenvalue weighted by atomic mass is 16.4. The highest BCUT2D eigenvalue weighted by molar-refractivity contribution is 5.89. The summed E-state index contributed by atoms with van der Waals surface area (Å²) in [5, 5.41) is 12.4. The number of hydrogen-bond acceptors (Lipinski definition) is 3. The first kappa shape index (κ1) is 15.0. The Balaban J connectivity index is 2.82. The molecular formula is C13H24N2O3. The molecule has 0 aliphatic carbocycles. The van der Waals surface area contributed by atoms with E-state index in [9.17, 15) is 14.7 Å². The van der Waals surface area contributed by atoms with Gasteiger partial charge in [0.2, 0.25) is 5.91 Å². The minimum Gasteiger partial charge on any atom is -0.480 e. The van der Waals surface area contributed by atoms with Crippen molar-refractivity contribution in [2.45, 2.75) is 52.1 Å². The summed E-state index contributed by atoms with van der Waals surface area (Å²) in [6, 6.07) is -0.243. The predicted octanol–water partition coefficient (Wildman–Crippen LogP) is 1.09. The van der Waals surface area contributed by atoms with Crippen LogP contribution in [-0.4, -0.2) is 46.6 Å². The zero-order valence-corrected chi connectivity index (χ0v) is 11.7. The van der Waals surface area contributed by atoms with Gasteiger partial charge in [-0.2, -0.15) is 0 Å². The second-order valence-electron chi connectivity index (χ2n) is 5.58. The number of rotatable bonds is 4. The second kappa shape index (κ2) is 5.69. The van der Waals surface area contributed by atoms with Gasteiger partial charge in [0.15, 0.2) is 0 Å². The van der Waals surface area contributed by atoms with Crippen LogP contribution in [0.2, 0.25) is 0 Å². The molecule has 0 aromatic carbocycles. The van der Waals surface area contributed by atoms with Gasteiger partial charge in [0.05, 0.1) is 6.04 Å². The highest BCUT2D eigenvalue weighted by Crippen LogP contribution is 2.21. The summed E-state index contributed by atoms with van der Waals surface area (Å²) in [6.07, 6.45) is 1.85. The number of carbonyl (C=O) groups excluding carboxylic acids is 1. The van der Waals surface area contributed by atoms with Crippen molar-refractivity contribution in [1.82, 2.24) is 10.2 Å². The molecule has 1 saturated heterocycles. The first-order chi connectivity index (χ1) is 8.30. The van der Waals surface area contributed by atoms with Gasteiger partial charge in [-0.15, -0.1) is 0 Å². The predicted molar refractivity (Wildman–Crippen MR) is 69.3 cm³/mol. The molecule has 0 aromatic rings. The quantitative estimate of drug-likeness (QED) is 0.790. The standard InChI is InChI=1S/C13H24N2O3/c1-5-15(13(3,4)12(17)18)11(16)10-8-9(2)6-7-14-10/h9-10,14H,5-8H2,1-4H3,(H,17,18). The van der Waals surface area contributed by atoms with Gasteiger partial charge in [-0.3, -0.25) is 4.79 Å². The Morgan fingerprint density at radius 3 is 2.50 bits per heavy atom. The van der Waals surface area contributed by atoms with Crippen molar-refractivity contribution in [3.8, 4) is 0 Å². The molecular weight excluding hydrogens is 232 g/mol. The van der Waals surface area contributed by atoms with Crippen LogP contribution in [0.25, 0.3) is 0 Å². The van der Waals surface area contributed by atoms with E-state index >= 15 is 0 Å². The van der Waals surface area contributed by atoms with E-state index in [4.69, 9.17) is 0 Å². The molecule has 2 unspecified atom stereocenters. The minimum absolute atomic E-state index is 0.101.